The van der Waals surface area contributed by atoms with E-state index in [2.05, 4.69) is 6.58 Å². The highest BCUT2D eigenvalue weighted by Gasteiger charge is 2.57. The molecule has 0 aromatic heterocycles. The van der Waals surface area contributed by atoms with Crippen molar-refractivity contribution in [3.63, 3.8) is 0 Å². The summed E-state index contributed by atoms with van der Waals surface area (Å²) in [6.07, 6.45) is -0.0234. The first-order chi connectivity index (χ1) is 25.8. The number of benzene rings is 2. The van der Waals surface area contributed by atoms with E-state index in [1.165, 1.54) is 0 Å². The lowest BCUT2D eigenvalue weighted by Gasteiger charge is -2.33. The van der Waals surface area contributed by atoms with Crippen molar-refractivity contribution in [1.82, 2.24) is 9.80 Å². The molecule has 0 radical (unpaired) electrons. The van der Waals surface area contributed by atoms with Gasteiger partial charge in [0, 0.05) is 10.8 Å². The Balaban J connectivity index is 0.000000399. The Morgan fingerprint density at radius 3 is 1.51 bits per heavy atom. The molecule has 3 aliphatic heterocycles. The second kappa shape index (κ2) is 19.8. The average molecular weight is 799 g/mol. The molecule has 316 valence electrons. The number of allylic oxidation sites excluding steroid dienone is 1. The zero-order chi connectivity index (χ0) is 40.8. The normalized spacial score (nSPS) is 26.9. The predicted octanol–water partition coefficient (Wildman–Crippen LogP) is 6.64. The number of ether oxygens (including phenoxy) is 2. The molecule has 4 N–H and O–H groups in total. The van der Waals surface area contributed by atoms with Gasteiger partial charge in [-0.3, -0.25) is 9.80 Å². The van der Waals surface area contributed by atoms with Crippen LogP contribution in [0.5, 0.6) is 0 Å². The zero-order valence-corrected chi connectivity index (χ0v) is 32.6. The van der Waals surface area contributed by atoms with Gasteiger partial charge < -0.3 is 39.2 Å². The fourth-order valence-corrected chi connectivity index (χ4v) is 7.47. The molecule has 0 unspecified atom stereocenters. The minimum Gasteiger partial charge on any atom is -0.480 e. The van der Waals surface area contributed by atoms with Gasteiger partial charge in [0.1, 0.15) is 25.3 Å². The third-order valence-electron chi connectivity index (χ3n) is 11.5. The molecule has 2 amide bonds. The number of likely N-dealkylation sites (tertiary alicyclic amines) is 2. The average Bonchev–Trinajstić information content (AvgIpc) is 3.63. The molecule has 15 heteroatoms. The van der Waals surface area contributed by atoms with Crippen molar-refractivity contribution in [2.24, 2.45) is 10.8 Å². The van der Waals surface area contributed by atoms with E-state index in [0.717, 1.165) is 20.9 Å². The molecule has 3 aliphatic rings. The predicted molar refractivity (Wildman–Crippen MR) is 216 cm³/mol. The Morgan fingerprint density at radius 1 is 0.737 bits per heavy atom. The second-order valence-electron chi connectivity index (χ2n) is 16.0. The Kier molecular flexibility index (Phi) is 16.9. The lowest BCUT2D eigenvalue weighted by atomic mass is 9.72. The molecule has 5 rings (SSSR count). The summed E-state index contributed by atoms with van der Waals surface area (Å²) in [6.45, 7) is 14.8. The SMILES string of the molecule is C.C.C=CC[C@]1(C)[C@@H](O)CN(C(=O)OCc2ccccc2)[C@@H]1C(=O)O.CC1(C)OB(CCC[C@]2(C)[C@@H](O)CN(C(=O)OCc3ccccc3)[C@@H]2C(=O)O)OC1(C)C. The van der Waals surface area contributed by atoms with Gasteiger partial charge in [-0.05, 0) is 58.0 Å². The third-order valence-corrected chi connectivity index (χ3v) is 11.5. The Hall–Kier alpha value is -4.44. The summed E-state index contributed by atoms with van der Waals surface area (Å²) in [5.41, 5.74) is -1.26. The van der Waals surface area contributed by atoms with Crippen molar-refractivity contribution in [2.75, 3.05) is 13.1 Å². The number of hydrogen-bond donors (Lipinski definition) is 4. The van der Waals surface area contributed by atoms with Crippen LogP contribution in [0.2, 0.25) is 6.32 Å². The van der Waals surface area contributed by atoms with Crippen LogP contribution >= 0.6 is 0 Å². The van der Waals surface area contributed by atoms with E-state index in [1.807, 2.05) is 88.4 Å². The van der Waals surface area contributed by atoms with Gasteiger partial charge in [-0.1, -0.05) is 102 Å². The number of β-amino-alcohol motifs (C(OH)–C–C–N with tert-alkyl or cyclic N) is 2. The van der Waals surface area contributed by atoms with Gasteiger partial charge in [0.25, 0.3) is 0 Å². The molecule has 0 spiro atoms. The molecule has 57 heavy (non-hydrogen) atoms. The number of rotatable bonds is 12. The molecular weight excluding hydrogens is 735 g/mol. The first kappa shape index (κ1) is 48.7. The fourth-order valence-electron chi connectivity index (χ4n) is 7.47. The second-order valence-corrected chi connectivity index (χ2v) is 16.0. The van der Waals surface area contributed by atoms with Crippen LogP contribution in [-0.2, 0) is 41.6 Å². The third kappa shape index (κ3) is 10.9. The van der Waals surface area contributed by atoms with Crippen molar-refractivity contribution in [3.05, 3.63) is 84.4 Å². The van der Waals surface area contributed by atoms with Crippen LogP contribution in [0, 0.1) is 10.8 Å². The molecule has 0 aliphatic carbocycles. The minimum atomic E-state index is -1.18. The number of amides is 2. The van der Waals surface area contributed by atoms with E-state index in [4.69, 9.17) is 18.8 Å². The number of carboxylic acids is 2. The molecule has 0 saturated carbocycles. The van der Waals surface area contributed by atoms with Crippen LogP contribution < -0.4 is 0 Å². The van der Waals surface area contributed by atoms with Crippen LogP contribution in [0.25, 0.3) is 0 Å². The van der Waals surface area contributed by atoms with Crippen LogP contribution in [0.15, 0.2) is 73.3 Å². The van der Waals surface area contributed by atoms with E-state index < -0.39 is 77.6 Å². The lowest BCUT2D eigenvalue weighted by molar-refractivity contribution is -0.146. The molecular formula is C42H63BN2O12. The molecule has 14 nitrogen and oxygen atoms in total. The summed E-state index contributed by atoms with van der Waals surface area (Å²) < 4.78 is 22.6. The maximum Gasteiger partial charge on any atom is 0.457 e. The molecule has 6 atom stereocenters. The maximum absolute atomic E-state index is 12.7. The van der Waals surface area contributed by atoms with E-state index in [-0.39, 0.29) is 47.6 Å². The topological polar surface area (TPSA) is 193 Å². The van der Waals surface area contributed by atoms with Gasteiger partial charge in [0.15, 0.2) is 0 Å². The van der Waals surface area contributed by atoms with Crippen molar-refractivity contribution < 1.29 is 58.4 Å². The summed E-state index contributed by atoms with van der Waals surface area (Å²) in [4.78, 5) is 50.9. The van der Waals surface area contributed by atoms with Gasteiger partial charge in [-0.2, -0.15) is 0 Å². The standard InChI is InChI=1S/C23H34BNO7.C17H21NO5.2CH4/c1-21(2)22(3,4)32-24(31-21)13-9-12-23(5)17(26)14-25(18(23)19(27)28)20(29)30-15-16-10-7-6-8-11-16;1-3-9-17(2)13(19)10-18(14(17)15(20)21)16(22)23-11-12-7-5-4-6-8-12;;/h6-8,10-11,17-18,26H,9,12-15H2,1-5H3,(H,27,28);3-8,13-14,19H,1,9-11H2,2H3,(H,20,21);2*1H4/t17-,18+,23+;13-,14+,17+;;/m00../s1. The lowest BCUT2D eigenvalue weighted by Crippen LogP contribution is -2.48. The number of aliphatic hydroxyl groups is 2. The number of carbonyl (C=O) groups excluding carboxylic acids is 2. The van der Waals surface area contributed by atoms with Crippen LogP contribution in [0.3, 0.4) is 0 Å². The summed E-state index contributed by atoms with van der Waals surface area (Å²) in [7, 11) is -0.391. The maximum atomic E-state index is 12.7. The van der Waals surface area contributed by atoms with E-state index in [1.54, 1.807) is 19.9 Å². The quantitative estimate of drug-likeness (QED) is 0.132. The van der Waals surface area contributed by atoms with Crippen LogP contribution in [-0.4, -0.2) is 110 Å². The summed E-state index contributed by atoms with van der Waals surface area (Å²) >= 11 is 0. The fraction of sp³-hybridized carbons (Fsp3) is 0.571. The number of hydrogen-bond acceptors (Lipinski definition) is 10. The highest BCUT2D eigenvalue weighted by atomic mass is 16.7. The number of carbonyl (C=O) groups is 4. The van der Waals surface area contributed by atoms with E-state index >= 15 is 0 Å². The summed E-state index contributed by atoms with van der Waals surface area (Å²) in [5.74, 6) is -2.32. The number of carboxylic acid groups (broad SMARTS) is 2. The molecule has 3 heterocycles. The Bertz CT molecular complexity index is 1640. The van der Waals surface area contributed by atoms with E-state index in [9.17, 15) is 39.6 Å². The Morgan fingerprint density at radius 2 is 1.12 bits per heavy atom. The van der Waals surface area contributed by atoms with Gasteiger partial charge >= 0.3 is 31.2 Å². The van der Waals surface area contributed by atoms with Gasteiger partial charge in [-0.25, -0.2) is 19.2 Å². The molecule has 3 saturated heterocycles. The van der Waals surface area contributed by atoms with Crippen molar-refractivity contribution >= 4 is 31.2 Å². The minimum absolute atomic E-state index is 0. The molecule has 2 aromatic rings. The number of nitrogens with zero attached hydrogens (tertiary/aromatic N) is 2. The zero-order valence-electron chi connectivity index (χ0n) is 32.6. The first-order valence-electron chi connectivity index (χ1n) is 18.5. The number of aliphatic hydroxyl groups excluding tert-OH is 2. The van der Waals surface area contributed by atoms with Gasteiger partial charge in [0.2, 0.25) is 0 Å². The van der Waals surface area contributed by atoms with Crippen molar-refractivity contribution in [1.29, 1.82) is 0 Å². The Labute approximate surface area is 337 Å². The van der Waals surface area contributed by atoms with Gasteiger partial charge in [0.05, 0.1) is 36.5 Å². The smallest absolute Gasteiger partial charge is 0.457 e. The molecule has 3 fully saturated rings. The van der Waals surface area contributed by atoms with Gasteiger partial charge in [-0.15, -0.1) is 6.58 Å². The van der Waals surface area contributed by atoms with E-state index in [0.29, 0.717) is 19.2 Å². The number of aliphatic carboxylic acids is 2. The monoisotopic (exact) mass is 798 g/mol. The highest BCUT2D eigenvalue weighted by molar-refractivity contribution is 6.45. The summed E-state index contributed by atoms with van der Waals surface area (Å²) in [5, 5.41) is 40.4. The molecule has 2 aromatic carbocycles. The summed E-state index contributed by atoms with van der Waals surface area (Å²) in [6, 6.07) is 15.9. The first-order valence-corrected chi connectivity index (χ1v) is 18.5. The van der Waals surface area contributed by atoms with Crippen LogP contribution in [0.1, 0.15) is 86.8 Å². The van der Waals surface area contributed by atoms with Crippen LogP contribution in [0.4, 0.5) is 9.59 Å². The largest absolute Gasteiger partial charge is 0.480 e. The van der Waals surface area contributed by atoms with Crippen molar-refractivity contribution in [3.8, 4) is 0 Å². The van der Waals surface area contributed by atoms with Crippen molar-refractivity contribution in [2.45, 2.75) is 131 Å². The highest BCUT2D eigenvalue weighted by Crippen LogP contribution is 2.44. The molecule has 0 bridgehead atoms.